The Balaban J connectivity index is 1.28. The number of aromatic nitrogens is 2. The molecule has 5 fully saturated rings. The molecular weight excluding hydrogens is 340 g/mol. The van der Waals surface area contributed by atoms with E-state index in [0.717, 1.165) is 19.3 Å². The van der Waals surface area contributed by atoms with Crippen LogP contribution in [0.4, 0.5) is 0 Å². The van der Waals surface area contributed by atoms with Crippen molar-refractivity contribution in [3.05, 3.63) is 18.0 Å². The number of carbonyl (C=O) groups is 2. The van der Waals surface area contributed by atoms with Crippen LogP contribution in [0.3, 0.4) is 0 Å². The van der Waals surface area contributed by atoms with E-state index >= 15 is 0 Å². The van der Waals surface area contributed by atoms with Crippen molar-refractivity contribution in [2.75, 3.05) is 0 Å². The van der Waals surface area contributed by atoms with E-state index in [1.54, 1.807) is 13.1 Å². The average molecular weight is 370 g/mol. The lowest BCUT2D eigenvalue weighted by atomic mass is 9.51. The molecule has 1 heterocycles. The second-order valence-corrected chi connectivity index (χ2v) is 9.58. The summed E-state index contributed by atoms with van der Waals surface area (Å²) in [5.74, 6) is 1.77. The van der Waals surface area contributed by atoms with Crippen molar-refractivity contribution in [3.8, 4) is 0 Å². The van der Waals surface area contributed by atoms with Crippen LogP contribution in [0.1, 0.15) is 81.1 Å². The number of hydrogen-bond donors (Lipinski definition) is 2. The van der Waals surface area contributed by atoms with Gasteiger partial charge < -0.3 is 10.6 Å². The maximum absolute atomic E-state index is 12.9. The minimum Gasteiger partial charge on any atom is -0.351 e. The first-order valence-corrected chi connectivity index (χ1v) is 10.7. The van der Waals surface area contributed by atoms with Crippen LogP contribution in [0.15, 0.2) is 12.4 Å². The van der Waals surface area contributed by atoms with E-state index in [0.29, 0.717) is 29.4 Å². The van der Waals surface area contributed by atoms with Gasteiger partial charge in [-0.15, -0.1) is 0 Å². The first kappa shape index (κ1) is 17.3. The normalized spacial score (nSPS) is 37.5. The molecule has 1 aromatic rings. The van der Waals surface area contributed by atoms with Crippen LogP contribution in [0.5, 0.6) is 0 Å². The van der Waals surface area contributed by atoms with Gasteiger partial charge in [0.05, 0.1) is 17.8 Å². The van der Waals surface area contributed by atoms with Crippen LogP contribution < -0.4 is 10.6 Å². The largest absolute Gasteiger partial charge is 0.351 e. The molecule has 146 valence electrons. The molecule has 0 radical (unpaired) electrons. The standard InChI is InChI=1S/C21H30N4O2/c1-13(26)24-21-8-14-6-15(9-21)19(16(7-14)10-21)23-20(27)17-11-22-25(12-17)18-4-2-3-5-18/h11-12,14-16,18-19H,2-10H2,1H3,(H,23,27)(H,24,26). The Bertz CT molecular complexity index is 735. The molecule has 0 spiro atoms. The van der Waals surface area contributed by atoms with E-state index in [9.17, 15) is 9.59 Å². The summed E-state index contributed by atoms with van der Waals surface area (Å²) in [6.07, 6.45) is 14.0. The third-order valence-electron chi connectivity index (χ3n) is 7.57. The second-order valence-electron chi connectivity index (χ2n) is 9.58. The lowest BCUT2D eigenvalue weighted by molar-refractivity contribution is -0.125. The minimum absolute atomic E-state index is 0.0169. The fourth-order valence-corrected chi connectivity index (χ4v) is 6.84. The fourth-order valence-electron chi connectivity index (χ4n) is 6.84. The zero-order valence-electron chi connectivity index (χ0n) is 16.1. The monoisotopic (exact) mass is 370 g/mol. The van der Waals surface area contributed by atoms with Gasteiger partial charge in [0.2, 0.25) is 5.91 Å². The smallest absolute Gasteiger partial charge is 0.254 e. The summed E-state index contributed by atoms with van der Waals surface area (Å²) in [6, 6.07) is 0.705. The Hall–Kier alpha value is -1.85. The number of carbonyl (C=O) groups excluding carboxylic acids is 2. The molecule has 0 aromatic carbocycles. The summed E-state index contributed by atoms with van der Waals surface area (Å²) in [4.78, 5) is 24.6. The number of nitrogens with one attached hydrogen (secondary N) is 2. The number of amides is 2. The van der Waals surface area contributed by atoms with Gasteiger partial charge in [0, 0.05) is 24.7 Å². The predicted octanol–water partition coefficient (Wildman–Crippen LogP) is 2.81. The molecule has 0 aliphatic heterocycles. The van der Waals surface area contributed by atoms with Gasteiger partial charge >= 0.3 is 0 Å². The molecule has 2 unspecified atom stereocenters. The third-order valence-corrected chi connectivity index (χ3v) is 7.57. The Kier molecular flexibility index (Phi) is 4.06. The molecule has 1 aromatic heterocycles. The van der Waals surface area contributed by atoms with Crippen molar-refractivity contribution >= 4 is 11.8 Å². The highest BCUT2D eigenvalue weighted by Gasteiger charge is 2.56. The van der Waals surface area contributed by atoms with E-state index in [4.69, 9.17) is 0 Å². The molecule has 0 saturated heterocycles. The second kappa shape index (κ2) is 6.35. The molecule has 5 aliphatic rings. The Morgan fingerprint density at radius 2 is 1.85 bits per heavy atom. The van der Waals surface area contributed by atoms with E-state index in [-0.39, 0.29) is 23.4 Å². The molecule has 27 heavy (non-hydrogen) atoms. The minimum atomic E-state index is -0.0169. The number of nitrogens with zero attached hydrogens (tertiary/aromatic N) is 2. The summed E-state index contributed by atoms with van der Waals surface area (Å²) in [5.41, 5.74) is 0.670. The zero-order valence-corrected chi connectivity index (χ0v) is 16.1. The Labute approximate surface area is 160 Å². The van der Waals surface area contributed by atoms with Crippen LogP contribution in [0.2, 0.25) is 0 Å². The lowest BCUT2D eigenvalue weighted by Gasteiger charge is -2.60. The molecule has 2 atom stereocenters. The average Bonchev–Trinajstić information content (AvgIpc) is 3.26. The van der Waals surface area contributed by atoms with Crippen molar-refractivity contribution in [1.82, 2.24) is 20.4 Å². The topological polar surface area (TPSA) is 76.0 Å². The highest BCUT2D eigenvalue weighted by molar-refractivity contribution is 5.94. The first-order chi connectivity index (χ1) is 13.0. The van der Waals surface area contributed by atoms with Crippen molar-refractivity contribution in [3.63, 3.8) is 0 Å². The zero-order chi connectivity index (χ0) is 18.6. The molecule has 6 heteroatoms. The molecular formula is C21H30N4O2. The van der Waals surface area contributed by atoms with Gasteiger partial charge in [0.25, 0.3) is 5.91 Å². The molecule has 6 rings (SSSR count). The van der Waals surface area contributed by atoms with Gasteiger partial charge in [-0.05, 0) is 62.7 Å². The van der Waals surface area contributed by atoms with E-state index in [1.807, 2.05) is 10.9 Å². The molecule has 5 saturated carbocycles. The molecule has 2 N–H and O–H groups in total. The predicted molar refractivity (Wildman–Crippen MR) is 101 cm³/mol. The van der Waals surface area contributed by atoms with Crippen LogP contribution in [0, 0.1) is 17.8 Å². The van der Waals surface area contributed by atoms with Crippen molar-refractivity contribution < 1.29 is 9.59 Å². The summed E-state index contributed by atoms with van der Waals surface area (Å²) >= 11 is 0. The molecule has 5 aliphatic carbocycles. The lowest BCUT2D eigenvalue weighted by Crippen LogP contribution is -2.66. The number of hydrogen-bond acceptors (Lipinski definition) is 3. The fraction of sp³-hybridized carbons (Fsp3) is 0.762. The van der Waals surface area contributed by atoms with E-state index in [1.165, 1.54) is 38.5 Å². The summed E-state index contributed by atoms with van der Waals surface area (Å²) in [5, 5.41) is 11.1. The third kappa shape index (κ3) is 3.07. The van der Waals surface area contributed by atoms with Gasteiger partial charge in [0.1, 0.15) is 0 Å². The van der Waals surface area contributed by atoms with Crippen LogP contribution in [-0.2, 0) is 4.79 Å². The first-order valence-electron chi connectivity index (χ1n) is 10.7. The molecule has 6 nitrogen and oxygen atoms in total. The highest BCUT2D eigenvalue weighted by atomic mass is 16.2. The van der Waals surface area contributed by atoms with Crippen molar-refractivity contribution in [1.29, 1.82) is 0 Å². The van der Waals surface area contributed by atoms with Gasteiger partial charge in [0.15, 0.2) is 0 Å². The number of rotatable bonds is 4. The summed E-state index contributed by atoms with van der Waals surface area (Å²) < 4.78 is 1.99. The van der Waals surface area contributed by atoms with Crippen LogP contribution in [0.25, 0.3) is 0 Å². The van der Waals surface area contributed by atoms with Crippen LogP contribution >= 0.6 is 0 Å². The summed E-state index contributed by atoms with van der Waals surface area (Å²) in [6.45, 7) is 1.62. The maximum Gasteiger partial charge on any atom is 0.254 e. The van der Waals surface area contributed by atoms with Gasteiger partial charge in [-0.25, -0.2) is 0 Å². The van der Waals surface area contributed by atoms with E-state index in [2.05, 4.69) is 15.7 Å². The van der Waals surface area contributed by atoms with Crippen molar-refractivity contribution in [2.45, 2.75) is 82.3 Å². The van der Waals surface area contributed by atoms with Gasteiger partial charge in [-0.3, -0.25) is 14.3 Å². The maximum atomic E-state index is 12.9. The van der Waals surface area contributed by atoms with Gasteiger partial charge in [-0.2, -0.15) is 5.10 Å². The highest BCUT2D eigenvalue weighted by Crippen LogP contribution is 2.55. The molecule has 4 bridgehead atoms. The Morgan fingerprint density at radius 3 is 2.52 bits per heavy atom. The summed E-state index contributed by atoms with van der Waals surface area (Å²) in [7, 11) is 0. The quantitative estimate of drug-likeness (QED) is 0.856. The van der Waals surface area contributed by atoms with Gasteiger partial charge in [-0.1, -0.05) is 12.8 Å². The Morgan fingerprint density at radius 1 is 1.15 bits per heavy atom. The SMILES string of the molecule is CC(=O)NC12CC3CC(C1)C(NC(=O)c1cnn(C4CCCC4)c1)C(C3)C2. The van der Waals surface area contributed by atoms with Crippen LogP contribution in [-0.4, -0.2) is 33.2 Å². The molecule has 2 amide bonds. The van der Waals surface area contributed by atoms with Crippen molar-refractivity contribution in [2.24, 2.45) is 17.8 Å². The van der Waals surface area contributed by atoms with E-state index < -0.39 is 0 Å².